The number of thioether (sulfide) groups is 1. The number of carbonyl (C=O) groups is 1. The van der Waals surface area contributed by atoms with Gasteiger partial charge in [0, 0.05) is 18.2 Å². The summed E-state index contributed by atoms with van der Waals surface area (Å²) in [6, 6.07) is 18.9. The fraction of sp³-hybridized carbons (Fsp3) is 0.118. The standard InChI is InChI=1S/C17H14N2O3S/c20-16(11-13-7-3-1-4-8-13)23-17-19-18-15(22-17)12-21-14-9-5-2-6-10-14/h1-10H,11-12H2. The van der Waals surface area contributed by atoms with Gasteiger partial charge in [0.1, 0.15) is 5.75 Å². The minimum Gasteiger partial charge on any atom is -0.484 e. The molecule has 0 bridgehead atoms. The zero-order chi connectivity index (χ0) is 15.9. The molecule has 0 spiro atoms. The molecule has 0 aliphatic carbocycles. The largest absolute Gasteiger partial charge is 0.484 e. The van der Waals surface area contributed by atoms with Crippen molar-refractivity contribution in [3.8, 4) is 5.75 Å². The van der Waals surface area contributed by atoms with Crippen LogP contribution in [0.1, 0.15) is 11.5 Å². The van der Waals surface area contributed by atoms with Crippen molar-refractivity contribution in [1.29, 1.82) is 0 Å². The molecule has 5 nitrogen and oxygen atoms in total. The Morgan fingerprint density at radius 2 is 1.70 bits per heavy atom. The van der Waals surface area contributed by atoms with Crippen LogP contribution in [0.15, 0.2) is 70.3 Å². The molecular formula is C17H14N2O3S. The predicted molar refractivity (Wildman–Crippen MR) is 86.1 cm³/mol. The Labute approximate surface area is 137 Å². The molecule has 1 aromatic heterocycles. The van der Waals surface area contributed by atoms with E-state index in [1.807, 2.05) is 60.7 Å². The summed E-state index contributed by atoms with van der Waals surface area (Å²) in [6.45, 7) is 0.171. The Morgan fingerprint density at radius 3 is 2.43 bits per heavy atom. The molecule has 0 saturated heterocycles. The molecule has 23 heavy (non-hydrogen) atoms. The van der Waals surface area contributed by atoms with Crippen molar-refractivity contribution in [3.63, 3.8) is 0 Å². The minimum absolute atomic E-state index is 0.0459. The highest BCUT2D eigenvalue weighted by Crippen LogP contribution is 2.20. The molecule has 2 aromatic carbocycles. The van der Waals surface area contributed by atoms with Gasteiger partial charge in [-0.15, -0.1) is 10.2 Å². The van der Waals surface area contributed by atoms with E-state index in [1.165, 1.54) is 0 Å². The van der Waals surface area contributed by atoms with E-state index >= 15 is 0 Å². The zero-order valence-corrected chi connectivity index (χ0v) is 13.0. The first-order valence-electron chi connectivity index (χ1n) is 7.04. The van der Waals surface area contributed by atoms with Crippen molar-refractivity contribution in [1.82, 2.24) is 10.2 Å². The van der Waals surface area contributed by atoms with Crippen LogP contribution < -0.4 is 4.74 Å². The lowest BCUT2D eigenvalue weighted by Gasteiger charge is -2.01. The molecule has 6 heteroatoms. The summed E-state index contributed by atoms with van der Waals surface area (Å²) in [7, 11) is 0. The van der Waals surface area contributed by atoms with Crippen molar-refractivity contribution >= 4 is 16.9 Å². The monoisotopic (exact) mass is 326 g/mol. The summed E-state index contributed by atoms with van der Waals surface area (Å²) in [5.74, 6) is 1.06. The molecular weight excluding hydrogens is 312 g/mol. The predicted octanol–water partition coefficient (Wildman–Crippen LogP) is 3.51. The lowest BCUT2D eigenvalue weighted by Crippen LogP contribution is -1.97. The molecule has 3 aromatic rings. The Balaban J connectivity index is 1.52. The highest BCUT2D eigenvalue weighted by Gasteiger charge is 2.13. The topological polar surface area (TPSA) is 65.2 Å². The third-order valence-corrected chi connectivity index (χ3v) is 3.66. The van der Waals surface area contributed by atoms with Crippen molar-refractivity contribution in [2.45, 2.75) is 18.3 Å². The van der Waals surface area contributed by atoms with Crippen LogP contribution >= 0.6 is 11.8 Å². The number of rotatable bonds is 6. The molecule has 0 aliphatic heterocycles. The first-order valence-corrected chi connectivity index (χ1v) is 7.86. The van der Waals surface area contributed by atoms with Crippen LogP contribution in [-0.4, -0.2) is 15.3 Å². The summed E-state index contributed by atoms with van der Waals surface area (Å²) in [5.41, 5.74) is 0.956. The average Bonchev–Trinajstić information content (AvgIpc) is 3.02. The zero-order valence-electron chi connectivity index (χ0n) is 12.2. The number of hydrogen-bond donors (Lipinski definition) is 0. The van der Waals surface area contributed by atoms with Gasteiger partial charge in [-0.1, -0.05) is 48.5 Å². The van der Waals surface area contributed by atoms with Gasteiger partial charge in [-0.3, -0.25) is 4.79 Å². The van der Waals surface area contributed by atoms with Crippen LogP contribution in [-0.2, 0) is 17.8 Å². The lowest BCUT2D eigenvalue weighted by molar-refractivity contribution is -0.110. The fourth-order valence-electron chi connectivity index (χ4n) is 1.90. The van der Waals surface area contributed by atoms with Crippen LogP contribution in [0, 0.1) is 0 Å². The molecule has 0 saturated carbocycles. The second-order valence-corrected chi connectivity index (χ2v) is 5.71. The van der Waals surface area contributed by atoms with E-state index < -0.39 is 0 Å². The number of benzene rings is 2. The van der Waals surface area contributed by atoms with Crippen molar-refractivity contribution in [2.75, 3.05) is 0 Å². The minimum atomic E-state index is -0.0459. The normalized spacial score (nSPS) is 10.4. The van der Waals surface area contributed by atoms with Gasteiger partial charge in [0.25, 0.3) is 11.1 Å². The molecule has 3 rings (SSSR count). The molecule has 0 aliphatic rings. The number of ether oxygens (including phenoxy) is 1. The Bertz CT molecular complexity index is 760. The summed E-state index contributed by atoms with van der Waals surface area (Å²) in [4.78, 5) is 12.0. The van der Waals surface area contributed by atoms with E-state index in [2.05, 4.69) is 10.2 Å². The third kappa shape index (κ3) is 4.69. The van der Waals surface area contributed by atoms with Gasteiger partial charge in [0.05, 0.1) is 0 Å². The Hall–Kier alpha value is -2.60. The van der Waals surface area contributed by atoms with E-state index in [1.54, 1.807) is 0 Å². The van der Waals surface area contributed by atoms with Gasteiger partial charge in [-0.25, -0.2) is 0 Å². The lowest BCUT2D eigenvalue weighted by atomic mass is 10.2. The molecule has 116 valence electrons. The first kappa shape index (κ1) is 15.3. The van der Waals surface area contributed by atoms with Crippen LogP contribution in [0.25, 0.3) is 0 Å². The summed E-state index contributed by atoms with van der Waals surface area (Å²) in [5, 5.41) is 7.92. The number of aromatic nitrogens is 2. The van der Waals surface area contributed by atoms with E-state index in [4.69, 9.17) is 9.15 Å². The maximum Gasteiger partial charge on any atom is 0.284 e. The number of para-hydroxylation sites is 1. The maximum absolute atomic E-state index is 12.0. The summed E-state index contributed by atoms with van der Waals surface area (Å²) in [6.07, 6.45) is 0.323. The molecule has 0 fully saturated rings. The quantitative estimate of drug-likeness (QED) is 0.646. The van der Waals surface area contributed by atoms with Gasteiger partial charge >= 0.3 is 0 Å². The van der Waals surface area contributed by atoms with Gasteiger partial charge in [0.2, 0.25) is 5.12 Å². The van der Waals surface area contributed by atoms with Crippen LogP contribution in [0.4, 0.5) is 0 Å². The smallest absolute Gasteiger partial charge is 0.284 e. The summed E-state index contributed by atoms with van der Waals surface area (Å²) >= 11 is 0.946. The molecule has 0 radical (unpaired) electrons. The highest BCUT2D eigenvalue weighted by atomic mass is 32.2. The molecule has 0 N–H and O–H groups in total. The van der Waals surface area contributed by atoms with Crippen molar-refractivity contribution in [2.24, 2.45) is 0 Å². The van der Waals surface area contributed by atoms with E-state index in [0.29, 0.717) is 12.3 Å². The second kappa shape index (κ2) is 7.60. The molecule has 0 amide bonds. The first-order chi connectivity index (χ1) is 11.3. The van der Waals surface area contributed by atoms with Crippen LogP contribution in [0.2, 0.25) is 0 Å². The van der Waals surface area contributed by atoms with Crippen LogP contribution in [0.5, 0.6) is 5.75 Å². The molecule has 0 atom stereocenters. The fourth-order valence-corrected chi connectivity index (χ4v) is 2.55. The van der Waals surface area contributed by atoms with Gasteiger partial charge in [-0.05, 0) is 17.7 Å². The van der Waals surface area contributed by atoms with E-state index in [9.17, 15) is 4.79 Å². The van der Waals surface area contributed by atoms with Crippen LogP contribution in [0.3, 0.4) is 0 Å². The number of hydrogen-bond acceptors (Lipinski definition) is 6. The maximum atomic E-state index is 12.0. The SMILES string of the molecule is O=C(Cc1ccccc1)Sc1nnc(COc2ccccc2)o1. The highest BCUT2D eigenvalue weighted by molar-refractivity contribution is 8.13. The van der Waals surface area contributed by atoms with Gasteiger partial charge in [0.15, 0.2) is 6.61 Å². The second-order valence-electron chi connectivity index (χ2n) is 4.70. The summed E-state index contributed by atoms with van der Waals surface area (Å²) < 4.78 is 10.9. The third-order valence-electron chi connectivity index (χ3n) is 2.95. The Kier molecular flexibility index (Phi) is 5.06. The van der Waals surface area contributed by atoms with Gasteiger partial charge < -0.3 is 9.15 Å². The Morgan fingerprint density at radius 1 is 1.00 bits per heavy atom. The average molecular weight is 326 g/mol. The van der Waals surface area contributed by atoms with E-state index in [0.717, 1.165) is 23.1 Å². The molecule has 1 heterocycles. The van der Waals surface area contributed by atoms with Crippen molar-refractivity contribution in [3.05, 3.63) is 72.1 Å². The van der Waals surface area contributed by atoms with E-state index in [-0.39, 0.29) is 16.9 Å². The molecule has 0 unspecified atom stereocenters. The number of nitrogens with zero attached hydrogens (tertiary/aromatic N) is 2. The number of carbonyl (C=O) groups excluding carboxylic acids is 1. The van der Waals surface area contributed by atoms with Crippen molar-refractivity contribution < 1.29 is 13.9 Å². The van der Waals surface area contributed by atoms with Gasteiger partial charge in [-0.2, -0.15) is 0 Å².